The lowest BCUT2D eigenvalue weighted by molar-refractivity contribution is -0.254. The first kappa shape index (κ1) is 27.2. The molecule has 0 bridgehead atoms. The van der Waals surface area contributed by atoms with E-state index in [1.807, 2.05) is 0 Å². The minimum atomic E-state index is -1.52. The van der Waals surface area contributed by atoms with Crippen molar-refractivity contribution in [2.24, 2.45) is 0 Å². The molecule has 0 spiro atoms. The van der Waals surface area contributed by atoms with Crippen molar-refractivity contribution in [3.8, 4) is 17.2 Å². The number of hydrogen-bond acceptors (Lipinski definition) is 11. The Labute approximate surface area is 218 Å². The molecule has 0 saturated carbocycles. The number of carbonyl (C=O) groups excluding carboxylic acids is 1. The number of ketones is 1. The first-order chi connectivity index (χ1) is 18.3. The second-order valence-corrected chi connectivity index (χ2v) is 8.57. The van der Waals surface area contributed by atoms with E-state index in [2.05, 4.69) is 10.3 Å². The van der Waals surface area contributed by atoms with Crippen molar-refractivity contribution in [3.05, 3.63) is 71.6 Å². The summed E-state index contributed by atoms with van der Waals surface area (Å²) in [4.78, 5) is 12.6. The molecular weight excluding hydrogens is 498 g/mol. The average molecular weight is 528 g/mol. The third-order valence-corrected chi connectivity index (χ3v) is 6.01. The molecule has 1 aliphatic rings. The molecule has 0 radical (unpaired) electrons. The van der Waals surface area contributed by atoms with Crippen LogP contribution in [0.25, 0.3) is 6.08 Å². The van der Waals surface area contributed by atoms with E-state index in [1.165, 1.54) is 17.0 Å². The molecule has 3 aromatic rings. The molecule has 2 aromatic carbocycles. The zero-order valence-electron chi connectivity index (χ0n) is 20.7. The lowest BCUT2D eigenvalue weighted by Crippen LogP contribution is -2.56. The molecule has 12 heteroatoms. The topological polar surface area (TPSA) is 166 Å². The van der Waals surface area contributed by atoms with Gasteiger partial charge in [-0.2, -0.15) is 0 Å². The molecule has 1 fully saturated rings. The maximum atomic E-state index is 12.6. The van der Waals surface area contributed by atoms with E-state index >= 15 is 0 Å². The molecule has 5 atom stereocenters. The highest BCUT2D eigenvalue weighted by Gasteiger charge is 2.44. The second-order valence-electron chi connectivity index (χ2n) is 8.57. The Hall–Kier alpha value is -3.81. The van der Waals surface area contributed by atoms with Crippen molar-refractivity contribution in [1.29, 1.82) is 0 Å². The number of aliphatic hydroxyl groups is 4. The van der Waals surface area contributed by atoms with Crippen LogP contribution in [0.3, 0.4) is 0 Å². The third-order valence-electron chi connectivity index (χ3n) is 6.01. The monoisotopic (exact) mass is 527 g/mol. The molecule has 0 aliphatic carbocycles. The Balaban J connectivity index is 1.34. The van der Waals surface area contributed by atoms with E-state index in [0.717, 1.165) is 5.56 Å². The van der Waals surface area contributed by atoms with Crippen LogP contribution in [0.5, 0.6) is 17.2 Å². The fourth-order valence-electron chi connectivity index (χ4n) is 3.87. The third kappa shape index (κ3) is 6.18. The molecule has 0 amide bonds. The largest absolute Gasteiger partial charge is 0.497 e. The van der Waals surface area contributed by atoms with Crippen LogP contribution in [-0.4, -0.2) is 86.4 Å². The lowest BCUT2D eigenvalue weighted by atomic mass is 9.98. The number of allylic oxidation sites excluding steroid dienone is 1. The molecule has 1 saturated heterocycles. The minimum Gasteiger partial charge on any atom is -0.497 e. The van der Waals surface area contributed by atoms with Gasteiger partial charge in [-0.25, -0.2) is 4.68 Å². The lowest BCUT2D eigenvalue weighted by Gasteiger charge is -2.39. The molecule has 0 unspecified atom stereocenters. The summed E-state index contributed by atoms with van der Waals surface area (Å²) in [6.07, 6.45) is -2.08. The van der Waals surface area contributed by atoms with Crippen LogP contribution in [0.2, 0.25) is 0 Å². The number of nitrogens with zero attached hydrogens (tertiary/aromatic N) is 3. The number of aliphatic hydroxyl groups excluding tert-OH is 4. The van der Waals surface area contributed by atoms with Gasteiger partial charge in [0, 0.05) is 11.6 Å². The fraction of sp³-hybridized carbons (Fsp3) is 0.346. The van der Waals surface area contributed by atoms with Crippen molar-refractivity contribution in [2.75, 3.05) is 20.8 Å². The molecule has 1 aliphatic heterocycles. The zero-order chi connectivity index (χ0) is 27.2. The van der Waals surface area contributed by atoms with Crippen molar-refractivity contribution >= 4 is 11.9 Å². The summed E-state index contributed by atoms with van der Waals surface area (Å²) < 4.78 is 22.8. The maximum Gasteiger partial charge on any atom is 0.185 e. The van der Waals surface area contributed by atoms with Crippen LogP contribution >= 0.6 is 0 Å². The van der Waals surface area contributed by atoms with Crippen molar-refractivity contribution in [2.45, 2.75) is 37.3 Å². The SMILES string of the molecule is COc1cc(/C=C/C(=O)c2ccc(OCc3cn([C@@H]4O[C@H](CO)[C@@H](O)[C@H](O)[C@H]4O)nn3)cc2)cc(OC)c1. The molecule has 38 heavy (non-hydrogen) atoms. The molecule has 2 heterocycles. The van der Waals surface area contributed by atoms with E-state index in [9.17, 15) is 25.2 Å². The van der Waals surface area contributed by atoms with Crippen LogP contribution in [-0.2, 0) is 11.3 Å². The first-order valence-electron chi connectivity index (χ1n) is 11.7. The predicted molar refractivity (Wildman–Crippen MR) is 133 cm³/mol. The van der Waals surface area contributed by atoms with E-state index in [0.29, 0.717) is 28.5 Å². The zero-order valence-corrected chi connectivity index (χ0v) is 20.7. The number of ether oxygens (including phenoxy) is 4. The van der Waals surface area contributed by atoms with Gasteiger partial charge in [0.05, 0.1) is 27.0 Å². The van der Waals surface area contributed by atoms with E-state index in [4.69, 9.17) is 18.9 Å². The summed E-state index contributed by atoms with van der Waals surface area (Å²) in [6.45, 7) is -0.515. The summed E-state index contributed by atoms with van der Waals surface area (Å²) in [5, 5.41) is 47.3. The minimum absolute atomic E-state index is 0.0301. The van der Waals surface area contributed by atoms with Gasteiger partial charge in [-0.05, 0) is 48.0 Å². The van der Waals surface area contributed by atoms with Gasteiger partial charge in [0.25, 0.3) is 0 Å². The highest BCUT2D eigenvalue weighted by molar-refractivity contribution is 6.06. The van der Waals surface area contributed by atoms with Crippen molar-refractivity contribution < 1.29 is 44.2 Å². The van der Waals surface area contributed by atoms with Crippen LogP contribution in [0.4, 0.5) is 0 Å². The Kier molecular flexibility index (Phi) is 8.71. The number of carbonyl (C=O) groups is 1. The van der Waals surface area contributed by atoms with Crippen molar-refractivity contribution in [3.63, 3.8) is 0 Å². The number of hydrogen-bond donors (Lipinski definition) is 4. The highest BCUT2D eigenvalue weighted by Crippen LogP contribution is 2.28. The number of benzene rings is 2. The fourth-order valence-corrected chi connectivity index (χ4v) is 3.87. The van der Waals surface area contributed by atoms with Gasteiger partial charge in [-0.15, -0.1) is 5.10 Å². The molecule has 4 rings (SSSR count). The van der Waals surface area contributed by atoms with Gasteiger partial charge in [-0.3, -0.25) is 4.79 Å². The summed E-state index contributed by atoms with van der Waals surface area (Å²) in [7, 11) is 3.11. The average Bonchev–Trinajstić information content (AvgIpc) is 3.42. The second kappa shape index (κ2) is 12.2. The Morgan fingerprint density at radius 2 is 1.68 bits per heavy atom. The first-order valence-corrected chi connectivity index (χ1v) is 11.7. The molecule has 12 nitrogen and oxygen atoms in total. The van der Waals surface area contributed by atoms with Crippen LogP contribution in [0, 0.1) is 0 Å². The van der Waals surface area contributed by atoms with Gasteiger partial charge < -0.3 is 39.4 Å². The van der Waals surface area contributed by atoms with E-state index < -0.39 is 37.3 Å². The van der Waals surface area contributed by atoms with Gasteiger partial charge in [-0.1, -0.05) is 11.3 Å². The Bertz CT molecular complexity index is 1240. The summed E-state index contributed by atoms with van der Waals surface area (Å²) in [6, 6.07) is 11.9. The molecule has 1 aromatic heterocycles. The quantitative estimate of drug-likeness (QED) is 0.217. The Morgan fingerprint density at radius 1 is 1.00 bits per heavy atom. The van der Waals surface area contributed by atoms with E-state index in [1.54, 1.807) is 62.8 Å². The molecule has 202 valence electrons. The molecular formula is C26H29N3O9. The number of methoxy groups -OCH3 is 2. The summed E-state index contributed by atoms with van der Waals surface area (Å²) in [5.41, 5.74) is 1.63. The van der Waals surface area contributed by atoms with Crippen LogP contribution in [0.15, 0.2) is 54.7 Å². The van der Waals surface area contributed by atoms with Gasteiger partial charge in [0.15, 0.2) is 12.0 Å². The van der Waals surface area contributed by atoms with Gasteiger partial charge >= 0.3 is 0 Å². The summed E-state index contributed by atoms with van der Waals surface area (Å²) >= 11 is 0. The van der Waals surface area contributed by atoms with Crippen LogP contribution < -0.4 is 14.2 Å². The normalized spacial score (nSPS) is 23.4. The van der Waals surface area contributed by atoms with Gasteiger partial charge in [0.2, 0.25) is 0 Å². The predicted octanol–water partition coefficient (Wildman–Crippen LogP) is 0.743. The summed E-state index contributed by atoms with van der Waals surface area (Å²) in [5.74, 6) is 1.53. The number of aromatic nitrogens is 3. The Morgan fingerprint density at radius 3 is 2.32 bits per heavy atom. The maximum absolute atomic E-state index is 12.6. The van der Waals surface area contributed by atoms with E-state index in [-0.39, 0.29) is 12.4 Å². The standard InChI is InChI=1S/C26H29N3O9/c1-35-19-9-15(10-20(11-19)36-2)3-8-21(31)16-4-6-18(7-5-16)37-14-17-12-29(28-27-17)26-25(34)24(33)23(32)22(13-30)38-26/h3-12,22-26,30,32-34H,13-14H2,1-2H3/b8-3+/t22-,23-,24+,25-,26-/m1/s1. The van der Waals surface area contributed by atoms with Crippen molar-refractivity contribution in [1.82, 2.24) is 15.0 Å². The van der Waals surface area contributed by atoms with Crippen LogP contribution in [0.1, 0.15) is 27.8 Å². The smallest absolute Gasteiger partial charge is 0.185 e. The highest BCUT2D eigenvalue weighted by atomic mass is 16.6. The van der Waals surface area contributed by atoms with Gasteiger partial charge in [0.1, 0.15) is 54.0 Å². The number of rotatable bonds is 10. The molecule has 4 N–H and O–H groups in total.